The predicted molar refractivity (Wildman–Crippen MR) is 132 cm³/mol. The first kappa shape index (κ1) is 23.1. The molecule has 0 aliphatic carbocycles. The van der Waals surface area contributed by atoms with Crippen LogP contribution < -0.4 is 9.64 Å². The molecule has 1 saturated heterocycles. The zero-order chi connectivity index (χ0) is 23.5. The first-order valence-electron chi connectivity index (χ1n) is 12.1. The number of hydrogen-bond acceptors (Lipinski definition) is 4. The summed E-state index contributed by atoms with van der Waals surface area (Å²) < 4.78 is 5.72. The molecule has 0 radical (unpaired) electrons. The van der Waals surface area contributed by atoms with E-state index in [1.807, 2.05) is 48.5 Å². The van der Waals surface area contributed by atoms with Crippen molar-refractivity contribution in [2.45, 2.75) is 47.0 Å². The first-order valence-corrected chi connectivity index (χ1v) is 12.1. The van der Waals surface area contributed by atoms with E-state index in [0.717, 1.165) is 43.7 Å². The Morgan fingerprint density at radius 3 is 2.09 bits per heavy atom. The van der Waals surface area contributed by atoms with Crippen molar-refractivity contribution in [3.63, 3.8) is 0 Å². The number of aryl methyl sites for hydroxylation is 1. The molecular weight excluding hydrogens is 412 g/mol. The summed E-state index contributed by atoms with van der Waals surface area (Å²) in [5.41, 5.74) is 3.57. The number of carbonyl (C=O) groups excluding carboxylic acids is 2. The third kappa shape index (κ3) is 4.68. The number of amides is 2. The van der Waals surface area contributed by atoms with Crippen LogP contribution in [0.3, 0.4) is 0 Å². The fourth-order valence-corrected chi connectivity index (χ4v) is 4.97. The van der Waals surface area contributed by atoms with Gasteiger partial charge in [-0.05, 0) is 66.5 Å². The number of rotatable bonds is 7. The van der Waals surface area contributed by atoms with Crippen molar-refractivity contribution in [2.75, 3.05) is 24.6 Å². The van der Waals surface area contributed by atoms with Gasteiger partial charge in [-0.15, -0.1) is 0 Å². The van der Waals surface area contributed by atoms with Gasteiger partial charge in [0, 0.05) is 13.1 Å². The second-order valence-corrected chi connectivity index (χ2v) is 9.41. The number of benzene rings is 2. The maximum absolute atomic E-state index is 13.8. The Morgan fingerprint density at radius 1 is 0.879 bits per heavy atom. The van der Waals surface area contributed by atoms with Crippen LogP contribution in [0.4, 0.5) is 5.69 Å². The van der Waals surface area contributed by atoms with Gasteiger partial charge in [0.15, 0.2) is 0 Å². The summed E-state index contributed by atoms with van der Waals surface area (Å²) in [6, 6.07) is 15.3. The minimum absolute atomic E-state index is 0.230. The van der Waals surface area contributed by atoms with Crippen LogP contribution in [-0.2, 0) is 16.0 Å². The van der Waals surface area contributed by atoms with Gasteiger partial charge in [-0.25, -0.2) is 4.90 Å². The molecule has 174 valence electrons. The molecule has 0 bridgehead atoms. The minimum atomic E-state index is -0.257. The summed E-state index contributed by atoms with van der Waals surface area (Å²) in [4.78, 5) is 31.0. The van der Waals surface area contributed by atoms with Gasteiger partial charge in [-0.1, -0.05) is 52.0 Å². The number of carbonyl (C=O) groups is 2. The average molecular weight is 447 g/mol. The van der Waals surface area contributed by atoms with Crippen molar-refractivity contribution in [2.24, 2.45) is 11.8 Å². The Morgan fingerprint density at radius 2 is 1.52 bits per heavy atom. The molecule has 4 rings (SSSR count). The summed E-state index contributed by atoms with van der Waals surface area (Å²) in [5, 5.41) is 0. The lowest BCUT2D eigenvalue weighted by molar-refractivity contribution is -0.120. The predicted octanol–water partition coefficient (Wildman–Crippen LogP) is 5.30. The monoisotopic (exact) mass is 446 g/mol. The van der Waals surface area contributed by atoms with Gasteiger partial charge in [0.2, 0.25) is 0 Å². The minimum Gasteiger partial charge on any atom is -0.494 e. The lowest BCUT2D eigenvalue weighted by Gasteiger charge is -2.37. The molecule has 2 amide bonds. The lowest BCUT2D eigenvalue weighted by Crippen LogP contribution is -2.42. The first-order chi connectivity index (χ1) is 15.9. The number of ether oxygens (including phenoxy) is 1. The Kier molecular flexibility index (Phi) is 6.87. The summed E-state index contributed by atoms with van der Waals surface area (Å²) in [6.45, 7) is 10.8. The molecule has 2 unspecified atom stereocenters. The second-order valence-electron chi connectivity index (χ2n) is 9.41. The Balaban J connectivity index is 1.75. The highest BCUT2D eigenvalue weighted by atomic mass is 16.5. The van der Waals surface area contributed by atoms with Crippen LogP contribution in [0.15, 0.2) is 54.2 Å². The van der Waals surface area contributed by atoms with Gasteiger partial charge in [-0.2, -0.15) is 0 Å². The van der Waals surface area contributed by atoms with Crippen molar-refractivity contribution in [3.05, 3.63) is 65.4 Å². The van der Waals surface area contributed by atoms with Crippen LogP contribution >= 0.6 is 0 Å². The van der Waals surface area contributed by atoms with E-state index in [0.29, 0.717) is 35.4 Å². The second kappa shape index (κ2) is 9.82. The highest BCUT2D eigenvalue weighted by Gasteiger charge is 2.43. The maximum Gasteiger partial charge on any atom is 0.282 e. The average Bonchev–Trinajstić information content (AvgIpc) is 3.07. The van der Waals surface area contributed by atoms with Crippen molar-refractivity contribution in [3.8, 4) is 5.75 Å². The van der Waals surface area contributed by atoms with Crippen LogP contribution in [-0.4, -0.2) is 36.4 Å². The summed E-state index contributed by atoms with van der Waals surface area (Å²) in [5.74, 6) is 1.21. The Hall–Kier alpha value is -3.08. The molecule has 1 fully saturated rings. The zero-order valence-electron chi connectivity index (χ0n) is 20.1. The largest absolute Gasteiger partial charge is 0.494 e. The van der Waals surface area contributed by atoms with Crippen molar-refractivity contribution in [1.82, 2.24) is 4.90 Å². The van der Waals surface area contributed by atoms with Crippen LogP contribution in [0.25, 0.3) is 5.57 Å². The molecule has 0 spiro atoms. The standard InChI is InChI=1S/C28H34N2O3/c1-5-15-33-24-13-9-22(10-14-24)25-26(29-17-19(3)16-20(4)18-29)28(32)30(27(25)31)23-11-7-21(6-2)8-12-23/h7-14,19-20H,5-6,15-18H2,1-4H3. The lowest BCUT2D eigenvalue weighted by atomic mass is 9.91. The van der Waals surface area contributed by atoms with Crippen molar-refractivity contribution >= 4 is 23.1 Å². The number of likely N-dealkylation sites (tertiary alicyclic amines) is 1. The molecule has 0 saturated carbocycles. The van der Waals surface area contributed by atoms with Crippen LogP contribution in [0.1, 0.15) is 51.7 Å². The fraction of sp³-hybridized carbons (Fsp3) is 0.429. The third-order valence-corrected chi connectivity index (χ3v) is 6.46. The van der Waals surface area contributed by atoms with E-state index in [2.05, 4.69) is 32.6 Å². The van der Waals surface area contributed by atoms with E-state index in [4.69, 9.17) is 4.74 Å². The molecule has 2 atom stereocenters. The molecule has 2 aromatic rings. The number of nitrogens with zero attached hydrogens (tertiary/aromatic N) is 2. The molecule has 0 aromatic heterocycles. The maximum atomic E-state index is 13.8. The highest BCUT2D eigenvalue weighted by Crippen LogP contribution is 2.37. The molecule has 5 heteroatoms. The highest BCUT2D eigenvalue weighted by molar-refractivity contribution is 6.45. The quantitative estimate of drug-likeness (QED) is 0.542. The smallest absolute Gasteiger partial charge is 0.282 e. The van der Waals surface area contributed by atoms with Gasteiger partial charge < -0.3 is 9.64 Å². The van der Waals surface area contributed by atoms with E-state index in [1.165, 1.54) is 10.5 Å². The van der Waals surface area contributed by atoms with E-state index in [-0.39, 0.29) is 11.8 Å². The summed E-state index contributed by atoms with van der Waals surface area (Å²) in [6.07, 6.45) is 2.97. The molecule has 2 aromatic carbocycles. The summed E-state index contributed by atoms with van der Waals surface area (Å²) in [7, 11) is 0. The normalized spacial score (nSPS) is 21.2. The molecular formula is C28H34N2O3. The van der Waals surface area contributed by atoms with Crippen LogP contribution in [0.2, 0.25) is 0 Å². The molecule has 0 N–H and O–H groups in total. The molecule has 2 aliphatic heterocycles. The van der Waals surface area contributed by atoms with Gasteiger partial charge >= 0.3 is 0 Å². The topological polar surface area (TPSA) is 49.9 Å². The molecule has 33 heavy (non-hydrogen) atoms. The van der Waals surface area contributed by atoms with Gasteiger partial charge in [0.05, 0.1) is 17.9 Å². The third-order valence-electron chi connectivity index (χ3n) is 6.46. The molecule has 2 heterocycles. The van der Waals surface area contributed by atoms with E-state index in [1.54, 1.807) is 0 Å². The number of imide groups is 1. The van der Waals surface area contributed by atoms with E-state index in [9.17, 15) is 9.59 Å². The van der Waals surface area contributed by atoms with Crippen LogP contribution in [0, 0.1) is 11.8 Å². The summed E-state index contributed by atoms with van der Waals surface area (Å²) >= 11 is 0. The number of anilines is 1. The number of hydrogen-bond donors (Lipinski definition) is 0. The van der Waals surface area contributed by atoms with Crippen molar-refractivity contribution < 1.29 is 14.3 Å². The SMILES string of the molecule is CCCOc1ccc(C2=C(N3CC(C)CC(C)C3)C(=O)N(c3ccc(CC)cc3)C2=O)cc1. The Bertz CT molecular complexity index is 1030. The zero-order valence-corrected chi connectivity index (χ0v) is 20.1. The van der Waals surface area contributed by atoms with E-state index < -0.39 is 0 Å². The van der Waals surface area contributed by atoms with Crippen molar-refractivity contribution in [1.29, 1.82) is 0 Å². The molecule has 5 nitrogen and oxygen atoms in total. The van der Waals surface area contributed by atoms with Gasteiger partial charge in [0.1, 0.15) is 11.4 Å². The molecule has 2 aliphatic rings. The van der Waals surface area contributed by atoms with Crippen LogP contribution in [0.5, 0.6) is 5.75 Å². The van der Waals surface area contributed by atoms with E-state index >= 15 is 0 Å². The van der Waals surface area contributed by atoms with Gasteiger partial charge in [0.25, 0.3) is 11.8 Å². The fourth-order valence-electron chi connectivity index (χ4n) is 4.97. The number of piperidine rings is 1. The van der Waals surface area contributed by atoms with Gasteiger partial charge in [-0.3, -0.25) is 9.59 Å². The Labute approximate surface area is 197 Å².